The number of benzene rings is 2. The van der Waals surface area contributed by atoms with Crippen molar-refractivity contribution in [2.75, 3.05) is 13.2 Å². The molecule has 43 heavy (non-hydrogen) atoms. The Morgan fingerprint density at radius 2 is 1.19 bits per heavy atom. The molecule has 0 heterocycles. The van der Waals surface area contributed by atoms with E-state index in [0.717, 1.165) is 36.8 Å². The Kier molecular flexibility index (Phi) is 17.2. The first-order valence-electron chi connectivity index (χ1n) is 17.5. The smallest absolute Gasteiger partial charge is 0.343 e. The van der Waals surface area contributed by atoms with E-state index in [1.807, 2.05) is 12.1 Å². The van der Waals surface area contributed by atoms with Crippen LogP contribution in [0.5, 0.6) is 17.2 Å². The van der Waals surface area contributed by atoms with Crippen LogP contribution in [0.1, 0.15) is 146 Å². The average Bonchev–Trinajstić information content (AvgIpc) is 3.02. The zero-order chi connectivity index (χ0) is 30.5. The summed E-state index contributed by atoms with van der Waals surface area (Å²) in [6.45, 7) is 5.69. The molecule has 0 bridgehead atoms. The van der Waals surface area contributed by atoms with Crippen LogP contribution in [0.15, 0.2) is 42.5 Å². The summed E-state index contributed by atoms with van der Waals surface area (Å²) >= 11 is 0. The second-order valence-corrected chi connectivity index (χ2v) is 12.6. The zero-order valence-corrected chi connectivity index (χ0v) is 27.1. The van der Waals surface area contributed by atoms with Crippen LogP contribution in [0.2, 0.25) is 0 Å². The number of carbonyl (C=O) groups excluding carboxylic acids is 1. The number of carbonyl (C=O) groups is 1. The molecule has 0 aromatic heterocycles. The van der Waals surface area contributed by atoms with Gasteiger partial charge in [0.15, 0.2) is 11.6 Å². The first kappa shape index (κ1) is 34.9. The summed E-state index contributed by atoms with van der Waals surface area (Å²) in [4.78, 5) is 12.6. The molecule has 1 aliphatic rings. The predicted octanol–water partition coefficient (Wildman–Crippen LogP) is 11.5. The monoisotopic (exact) mass is 596 g/mol. The van der Waals surface area contributed by atoms with Gasteiger partial charge >= 0.3 is 5.97 Å². The lowest BCUT2D eigenvalue weighted by molar-refractivity contribution is 0.0734. The first-order chi connectivity index (χ1) is 21.1. The molecule has 1 saturated carbocycles. The Balaban J connectivity index is 1.28. The van der Waals surface area contributed by atoms with Crippen LogP contribution >= 0.6 is 0 Å². The van der Waals surface area contributed by atoms with Gasteiger partial charge in [-0.15, -0.1) is 0 Å². The Morgan fingerprint density at radius 1 is 0.651 bits per heavy atom. The molecule has 1 aliphatic carbocycles. The fourth-order valence-corrected chi connectivity index (χ4v) is 6.16. The topological polar surface area (TPSA) is 44.8 Å². The molecule has 5 heteroatoms. The molecule has 1 fully saturated rings. The van der Waals surface area contributed by atoms with Crippen LogP contribution in [0.3, 0.4) is 0 Å². The van der Waals surface area contributed by atoms with Gasteiger partial charge in [-0.05, 0) is 73.6 Å². The van der Waals surface area contributed by atoms with Crippen LogP contribution in [-0.4, -0.2) is 19.2 Å². The maximum atomic E-state index is 14.6. The predicted molar refractivity (Wildman–Crippen MR) is 175 cm³/mol. The van der Waals surface area contributed by atoms with Crippen molar-refractivity contribution in [2.24, 2.45) is 11.8 Å². The highest BCUT2D eigenvalue weighted by atomic mass is 19.1. The van der Waals surface area contributed by atoms with E-state index in [1.54, 1.807) is 18.2 Å². The highest BCUT2D eigenvalue weighted by molar-refractivity contribution is 5.91. The third kappa shape index (κ3) is 14.2. The van der Waals surface area contributed by atoms with Gasteiger partial charge in [-0.2, -0.15) is 0 Å². The van der Waals surface area contributed by atoms with Gasteiger partial charge in [-0.3, -0.25) is 0 Å². The maximum absolute atomic E-state index is 14.6. The van der Waals surface area contributed by atoms with Crippen LogP contribution in [0, 0.1) is 17.7 Å². The Labute approximate surface area is 261 Å². The first-order valence-corrected chi connectivity index (χ1v) is 17.5. The van der Waals surface area contributed by atoms with Crippen molar-refractivity contribution in [3.05, 3.63) is 53.8 Å². The number of esters is 1. The quantitative estimate of drug-likeness (QED) is 0.0770. The molecule has 2 aromatic carbocycles. The number of ether oxygens (including phenoxy) is 3. The minimum absolute atomic E-state index is 0.156. The number of hydrogen-bond donors (Lipinski definition) is 0. The van der Waals surface area contributed by atoms with Gasteiger partial charge in [0.25, 0.3) is 0 Å². The molecule has 0 unspecified atom stereocenters. The van der Waals surface area contributed by atoms with Crippen molar-refractivity contribution in [3.63, 3.8) is 0 Å². The fraction of sp³-hybridized carbons (Fsp3) is 0.658. The zero-order valence-electron chi connectivity index (χ0n) is 27.1. The highest BCUT2D eigenvalue weighted by Crippen LogP contribution is 2.34. The third-order valence-electron chi connectivity index (χ3n) is 8.92. The molecule has 0 saturated heterocycles. The molecule has 2 aromatic rings. The Bertz CT molecular complexity index is 1010. The third-order valence-corrected chi connectivity index (χ3v) is 8.92. The van der Waals surface area contributed by atoms with Gasteiger partial charge in [0.1, 0.15) is 11.5 Å². The molecule has 0 atom stereocenters. The van der Waals surface area contributed by atoms with E-state index in [2.05, 4.69) is 13.8 Å². The highest BCUT2D eigenvalue weighted by Gasteiger charge is 2.20. The van der Waals surface area contributed by atoms with Gasteiger partial charge in [0.2, 0.25) is 0 Å². The lowest BCUT2D eigenvalue weighted by atomic mass is 9.78. The summed E-state index contributed by atoms with van der Waals surface area (Å²) in [7, 11) is 0. The van der Waals surface area contributed by atoms with Crippen LogP contribution in [0.4, 0.5) is 4.39 Å². The number of rotatable bonds is 22. The average molecular weight is 597 g/mol. The van der Waals surface area contributed by atoms with Crippen LogP contribution in [0.25, 0.3) is 0 Å². The molecule has 3 rings (SSSR count). The maximum Gasteiger partial charge on any atom is 0.343 e. The van der Waals surface area contributed by atoms with E-state index < -0.39 is 11.8 Å². The Morgan fingerprint density at radius 3 is 1.81 bits per heavy atom. The van der Waals surface area contributed by atoms with E-state index >= 15 is 0 Å². The van der Waals surface area contributed by atoms with Gasteiger partial charge in [0.05, 0.1) is 18.8 Å². The normalized spacial score (nSPS) is 16.6. The van der Waals surface area contributed by atoms with E-state index in [4.69, 9.17) is 14.2 Å². The summed E-state index contributed by atoms with van der Waals surface area (Å²) in [5.74, 6) is 1.99. The molecule has 4 nitrogen and oxygen atoms in total. The van der Waals surface area contributed by atoms with Crippen LogP contribution in [-0.2, 0) is 0 Å². The van der Waals surface area contributed by atoms with Crippen LogP contribution < -0.4 is 14.2 Å². The largest absolute Gasteiger partial charge is 0.494 e. The molecule has 0 N–H and O–H groups in total. The Hall–Kier alpha value is -2.56. The second-order valence-electron chi connectivity index (χ2n) is 12.6. The van der Waals surface area contributed by atoms with E-state index in [9.17, 15) is 9.18 Å². The van der Waals surface area contributed by atoms with Gasteiger partial charge in [0, 0.05) is 0 Å². The molecular weight excluding hydrogens is 539 g/mol. The molecule has 0 aliphatic heterocycles. The minimum Gasteiger partial charge on any atom is -0.494 e. The van der Waals surface area contributed by atoms with E-state index in [1.165, 1.54) is 115 Å². The lowest BCUT2D eigenvalue weighted by Crippen LogP contribution is -2.15. The summed E-state index contributed by atoms with van der Waals surface area (Å²) in [6, 6.07) is 11.3. The number of unbranched alkanes of at least 4 members (excludes halogenated alkanes) is 10. The van der Waals surface area contributed by atoms with Gasteiger partial charge in [-0.25, -0.2) is 9.18 Å². The number of halogens is 1. The van der Waals surface area contributed by atoms with Crippen molar-refractivity contribution in [1.29, 1.82) is 0 Å². The SMILES string of the molecule is CCCCCCCCCCCOc1ccc(C(=O)Oc2ccc(OCCCC3CCC(CCCCC)CC3)cc2)cc1F. The molecule has 0 spiro atoms. The summed E-state index contributed by atoms with van der Waals surface area (Å²) in [5, 5.41) is 0. The van der Waals surface area contributed by atoms with Gasteiger partial charge in [-0.1, -0.05) is 117 Å². The van der Waals surface area contributed by atoms with Crippen molar-refractivity contribution < 1.29 is 23.4 Å². The standard InChI is InChI=1S/C38H57FO4/c1-3-5-7-8-9-10-11-12-14-28-42-37-27-22-33(30-36(37)39)38(40)43-35-25-23-34(24-26-35)41-29-15-17-32-20-18-31(19-21-32)16-13-6-4-2/h22-27,30-32H,3-21,28-29H2,1-2H3. The van der Waals surface area contributed by atoms with Crippen molar-refractivity contribution in [2.45, 2.75) is 136 Å². The van der Waals surface area contributed by atoms with Crippen molar-refractivity contribution in [3.8, 4) is 17.2 Å². The van der Waals surface area contributed by atoms with E-state index in [-0.39, 0.29) is 11.3 Å². The molecule has 240 valence electrons. The molecule has 0 amide bonds. The fourth-order valence-electron chi connectivity index (χ4n) is 6.16. The van der Waals surface area contributed by atoms with Crippen molar-refractivity contribution >= 4 is 5.97 Å². The molecule has 0 radical (unpaired) electrons. The summed E-state index contributed by atoms with van der Waals surface area (Å²) in [6.07, 6.45) is 24.4. The molecular formula is C38H57FO4. The van der Waals surface area contributed by atoms with E-state index in [0.29, 0.717) is 19.0 Å². The number of hydrogen-bond acceptors (Lipinski definition) is 4. The lowest BCUT2D eigenvalue weighted by Gasteiger charge is -2.28. The summed E-state index contributed by atoms with van der Waals surface area (Å²) in [5.41, 5.74) is 0.156. The van der Waals surface area contributed by atoms with Gasteiger partial charge < -0.3 is 14.2 Å². The summed E-state index contributed by atoms with van der Waals surface area (Å²) < 4.78 is 31.6. The second kappa shape index (κ2) is 21.2. The van der Waals surface area contributed by atoms with Crippen molar-refractivity contribution in [1.82, 2.24) is 0 Å². The minimum atomic E-state index is -0.599.